The fourth-order valence-corrected chi connectivity index (χ4v) is 1.91. The van der Waals surface area contributed by atoms with E-state index in [1.165, 1.54) is 6.20 Å². The molecule has 0 radical (unpaired) electrons. The molecular formula is C14H14N4O3. The van der Waals surface area contributed by atoms with Crippen LogP contribution in [-0.4, -0.2) is 28.0 Å². The molecule has 1 heterocycles. The van der Waals surface area contributed by atoms with Gasteiger partial charge in [0, 0.05) is 12.6 Å². The molecule has 21 heavy (non-hydrogen) atoms. The molecule has 0 spiro atoms. The number of ether oxygens (including phenoxy) is 1. The van der Waals surface area contributed by atoms with E-state index in [9.17, 15) is 10.1 Å². The molecule has 7 heteroatoms. The number of benzene rings is 1. The van der Waals surface area contributed by atoms with E-state index in [4.69, 9.17) is 4.74 Å². The Morgan fingerprint density at radius 2 is 2.05 bits per heavy atom. The van der Waals surface area contributed by atoms with E-state index >= 15 is 0 Å². The van der Waals surface area contributed by atoms with Crippen molar-refractivity contribution < 1.29 is 9.66 Å². The van der Waals surface area contributed by atoms with Crippen LogP contribution in [0.25, 0.3) is 11.3 Å². The van der Waals surface area contributed by atoms with E-state index in [2.05, 4.69) is 15.3 Å². The molecule has 1 aromatic heterocycles. The fourth-order valence-electron chi connectivity index (χ4n) is 1.91. The third-order valence-electron chi connectivity index (χ3n) is 3.14. The van der Waals surface area contributed by atoms with Gasteiger partial charge < -0.3 is 10.1 Å². The second-order valence-corrected chi connectivity index (χ2v) is 4.78. The molecule has 1 fully saturated rings. The zero-order valence-corrected chi connectivity index (χ0v) is 11.4. The van der Waals surface area contributed by atoms with Crippen LogP contribution < -0.4 is 10.1 Å². The fraction of sp³-hybridized carbons (Fsp3) is 0.286. The first-order valence-corrected chi connectivity index (χ1v) is 6.63. The summed E-state index contributed by atoms with van der Waals surface area (Å²) in [6.45, 7) is 0. The lowest BCUT2D eigenvalue weighted by Crippen LogP contribution is -2.01. The van der Waals surface area contributed by atoms with E-state index < -0.39 is 4.92 Å². The summed E-state index contributed by atoms with van der Waals surface area (Å²) >= 11 is 0. The Morgan fingerprint density at radius 3 is 2.62 bits per heavy atom. The van der Waals surface area contributed by atoms with Crippen LogP contribution in [0.1, 0.15) is 12.8 Å². The summed E-state index contributed by atoms with van der Waals surface area (Å²) in [6, 6.07) is 7.15. The molecule has 0 unspecified atom stereocenters. The van der Waals surface area contributed by atoms with E-state index in [1.807, 2.05) is 0 Å². The van der Waals surface area contributed by atoms with Crippen molar-refractivity contribution in [3.63, 3.8) is 0 Å². The minimum absolute atomic E-state index is 0.120. The normalized spacial score (nSPS) is 13.8. The van der Waals surface area contributed by atoms with E-state index in [0.717, 1.165) is 18.6 Å². The number of aromatic nitrogens is 2. The summed E-state index contributed by atoms with van der Waals surface area (Å²) in [5.41, 5.74) is 0.825. The summed E-state index contributed by atoms with van der Waals surface area (Å²) in [6.07, 6.45) is 3.71. The lowest BCUT2D eigenvalue weighted by atomic mass is 10.1. The average molecular weight is 286 g/mol. The highest BCUT2D eigenvalue weighted by atomic mass is 16.6. The third-order valence-corrected chi connectivity index (χ3v) is 3.14. The van der Waals surface area contributed by atoms with E-state index in [-0.39, 0.29) is 11.4 Å². The molecule has 2 aromatic rings. The smallest absolute Gasteiger partial charge is 0.313 e. The molecule has 0 amide bonds. The second kappa shape index (κ2) is 5.35. The van der Waals surface area contributed by atoms with Gasteiger partial charge in [0.1, 0.15) is 11.9 Å². The molecule has 0 saturated heterocycles. The van der Waals surface area contributed by atoms with Gasteiger partial charge in [-0.2, -0.15) is 0 Å². The zero-order chi connectivity index (χ0) is 14.8. The molecule has 1 aliphatic rings. The third kappa shape index (κ3) is 2.91. The number of hydrogen-bond donors (Lipinski definition) is 1. The van der Waals surface area contributed by atoms with Crippen molar-refractivity contribution in [2.45, 2.75) is 18.9 Å². The first-order chi connectivity index (χ1) is 10.2. The Kier molecular flexibility index (Phi) is 3.39. The highest BCUT2D eigenvalue weighted by molar-refractivity contribution is 5.70. The summed E-state index contributed by atoms with van der Waals surface area (Å²) < 4.78 is 5.66. The van der Waals surface area contributed by atoms with Crippen LogP contribution in [0.3, 0.4) is 0 Å². The van der Waals surface area contributed by atoms with Gasteiger partial charge >= 0.3 is 5.69 Å². The molecule has 1 N–H and O–H groups in total. The molecule has 1 saturated carbocycles. The first kappa shape index (κ1) is 13.3. The van der Waals surface area contributed by atoms with Crippen molar-refractivity contribution in [1.29, 1.82) is 0 Å². The maximum absolute atomic E-state index is 11.1. The summed E-state index contributed by atoms with van der Waals surface area (Å²) in [4.78, 5) is 18.7. The maximum atomic E-state index is 11.1. The Morgan fingerprint density at radius 1 is 1.33 bits per heavy atom. The minimum Gasteiger partial charge on any atom is -0.490 e. The van der Waals surface area contributed by atoms with Crippen molar-refractivity contribution >= 4 is 11.6 Å². The molecule has 7 nitrogen and oxygen atoms in total. The number of anilines is 1. The summed E-state index contributed by atoms with van der Waals surface area (Å²) in [5, 5.41) is 13.9. The highest BCUT2D eigenvalue weighted by Crippen LogP contribution is 2.31. The molecule has 0 aliphatic heterocycles. The molecule has 0 bridgehead atoms. The summed E-state index contributed by atoms with van der Waals surface area (Å²) in [5.74, 6) is 1.11. The van der Waals surface area contributed by atoms with Gasteiger partial charge in [-0.25, -0.2) is 9.97 Å². The van der Waals surface area contributed by atoms with Crippen molar-refractivity contribution in [2.24, 2.45) is 0 Å². The predicted octanol–water partition coefficient (Wildman–Crippen LogP) is 2.63. The van der Waals surface area contributed by atoms with E-state index in [1.54, 1.807) is 31.3 Å². The second-order valence-electron chi connectivity index (χ2n) is 4.78. The van der Waals surface area contributed by atoms with Crippen molar-refractivity contribution in [3.8, 4) is 17.0 Å². The lowest BCUT2D eigenvalue weighted by Gasteiger charge is -2.07. The van der Waals surface area contributed by atoms with Crippen LogP contribution in [0.5, 0.6) is 5.75 Å². The quantitative estimate of drug-likeness (QED) is 0.671. The monoisotopic (exact) mass is 286 g/mol. The number of nitro groups is 1. The molecule has 108 valence electrons. The summed E-state index contributed by atoms with van der Waals surface area (Å²) in [7, 11) is 1.66. The molecule has 3 rings (SSSR count). The molecule has 1 aliphatic carbocycles. The largest absolute Gasteiger partial charge is 0.490 e. The lowest BCUT2D eigenvalue weighted by molar-refractivity contribution is -0.384. The molecule has 1 aromatic carbocycles. The van der Waals surface area contributed by atoms with Gasteiger partial charge in [0.15, 0.2) is 5.69 Å². The standard InChI is InChI=1S/C14H14N4O3/c1-15-14-16-8-12(18(19)20)13(17-14)9-2-4-10(5-3-9)21-11-6-7-11/h2-5,8,11H,6-7H2,1H3,(H,15,16,17). The molecule has 0 atom stereocenters. The van der Waals surface area contributed by atoms with Crippen molar-refractivity contribution in [2.75, 3.05) is 12.4 Å². The first-order valence-electron chi connectivity index (χ1n) is 6.63. The Balaban J connectivity index is 1.95. The maximum Gasteiger partial charge on any atom is 0.313 e. The average Bonchev–Trinajstić information content (AvgIpc) is 3.31. The van der Waals surface area contributed by atoms with Gasteiger partial charge in [0.2, 0.25) is 5.95 Å². The van der Waals surface area contributed by atoms with Gasteiger partial charge in [-0.05, 0) is 37.1 Å². The van der Waals surface area contributed by atoms with Gasteiger partial charge in [-0.3, -0.25) is 10.1 Å². The number of nitrogens with one attached hydrogen (secondary N) is 1. The van der Waals surface area contributed by atoms with Gasteiger partial charge in [-0.15, -0.1) is 0 Å². The van der Waals surface area contributed by atoms with Gasteiger partial charge in [-0.1, -0.05) is 0 Å². The van der Waals surface area contributed by atoms with Crippen LogP contribution in [0.4, 0.5) is 11.6 Å². The number of hydrogen-bond acceptors (Lipinski definition) is 6. The highest BCUT2D eigenvalue weighted by Gasteiger charge is 2.24. The van der Waals surface area contributed by atoms with Crippen LogP contribution in [0.2, 0.25) is 0 Å². The van der Waals surface area contributed by atoms with Gasteiger partial charge in [0.25, 0.3) is 0 Å². The van der Waals surface area contributed by atoms with Gasteiger partial charge in [0.05, 0.1) is 11.0 Å². The Hall–Kier alpha value is -2.70. The topological polar surface area (TPSA) is 90.2 Å². The number of rotatable bonds is 5. The van der Waals surface area contributed by atoms with E-state index in [0.29, 0.717) is 17.6 Å². The Labute approximate surface area is 121 Å². The van der Waals surface area contributed by atoms with Crippen LogP contribution in [0.15, 0.2) is 30.5 Å². The van der Waals surface area contributed by atoms with Crippen LogP contribution >= 0.6 is 0 Å². The van der Waals surface area contributed by atoms with Crippen LogP contribution in [0, 0.1) is 10.1 Å². The van der Waals surface area contributed by atoms with Crippen molar-refractivity contribution in [1.82, 2.24) is 9.97 Å². The Bertz CT molecular complexity index is 668. The SMILES string of the molecule is CNc1ncc([N+](=O)[O-])c(-c2ccc(OC3CC3)cc2)n1. The van der Waals surface area contributed by atoms with Crippen LogP contribution in [-0.2, 0) is 0 Å². The van der Waals surface area contributed by atoms with Crippen molar-refractivity contribution in [3.05, 3.63) is 40.6 Å². The molecular weight excluding hydrogens is 272 g/mol. The minimum atomic E-state index is -0.483. The zero-order valence-electron chi connectivity index (χ0n) is 11.4. The number of nitrogens with zero attached hydrogens (tertiary/aromatic N) is 3. The predicted molar refractivity (Wildman–Crippen MR) is 77.3 cm³/mol.